The largest absolute Gasteiger partial charge is 0.472 e. The van der Waals surface area contributed by atoms with Crippen LogP contribution in [0.3, 0.4) is 0 Å². The fraction of sp³-hybridized carbons (Fsp3) is 0.615. The number of rotatable bonds is 77. The molecular formula is C91H148O16P2. The molecular weight excluding hydrogens is 1410 g/mol. The number of aliphatic hydroxyl groups is 2. The number of carbonyl (C=O) groups excluding carboxylic acids is 3. The first kappa shape index (κ1) is 103. The number of allylic oxidation sites excluding steroid dienone is 32. The van der Waals surface area contributed by atoms with Crippen LogP contribution < -0.4 is 0 Å². The third-order valence-electron chi connectivity index (χ3n) is 16.8. The highest BCUT2D eigenvalue weighted by atomic mass is 31.2. The SMILES string of the molecule is CC/C=C\C/C=C\C/C=C\C/C=C\C/C=C\C/C=C\CCCCCCCCCCCCCCC(=O)OCC(O)COP(=O)(O)OCC(O)COP(=O)(O)OCC(COC(=O)CCCCCCCC/C=C\C/C=C\C/C=C\C/C=C\C/C=C\C/C=C\CC)OC(=O)CCCCCC/C=C\C/C=C\C/C=C\C/C=C\CC. The molecule has 0 fully saturated rings. The van der Waals surface area contributed by atoms with E-state index in [2.05, 4.69) is 215 Å². The van der Waals surface area contributed by atoms with Crippen molar-refractivity contribution < 1.29 is 75.8 Å². The highest BCUT2D eigenvalue weighted by Gasteiger charge is 2.29. The van der Waals surface area contributed by atoms with E-state index < -0.39 is 91.5 Å². The number of ether oxygens (including phenoxy) is 3. The fourth-order valence-corrected chi connectivity index (χ4v) is 12.2. The number of hydrogen-bond donors (Lipinski definition) is 4. The maximum atomic E-state index is 13.0. The zero-order chi connectivity index (χ0) is 79.4. The Balaban J connectivity index is 4.60. The number of phosphoric acid groups is 2. The van der Waals surface area contributed by atoms with Crippen LogP contribution in [0.15, 0.2) is 194 Å². The lowest BCUT2D eigenvalue weighted by atomic mass is 10.0. The van der Waals surface area contributed by atoms with E-state index in [9.17, 15) is 43.5 Å². The van der Waals surface area contributed by atoms with Crippen LogP contribution in [0.2, 0.25) is 0 Å². The van der Waals surface area contributed by atoms with Gasteiger partial charge in [0.2, 0.25) is 0 Å². The first-order valence-electron chi connectivity index (χ1n) is 41.7. The van der Waals surface area contributed by atoms with Crippen LogP contribution in [0.1, 0.15) is 303 Å². The molecule has 0 aromatic carbocycles. The number of hydrogen-bond acceptors (Lipinski definition) is 14. The van der Waals surface area contributed by atoms with E-state index in [4.69, 9.17) is 32.3 Å². The van der Waals surface area contributed by atoms with E-state index in [-0.39, 0.29) is 19.3 Å². The smallest absolute Gasteiger partial charge is 0.463 e. The lowest BCUT2D eigenvalue weighted by Gasteiger charge is -2.21. The molecule has 18 heteroatoms. The topological polar surface area (TPSA) is 231 Å². The second-order valence-corrected chi connectivity index (χ2v) is 30.0. The van der Waals surface area contributed by atoms with E-state index in [1.165, 1.54) is 51.4 Å². The Kier molecular flexibility index (Phi) is 77.7. The minimum Gasteiger partial charge on any atom is -0.463 e. The molecule has 0 rings (SSSR count). The van der Waals surface area contributed by atoms with Crippen molar-refractivity contribution in [3.63, 3.8) is 0 Å². The molecule has 0 aromatic heterocycles. The molecule has 0 aliphatic carbocycles. The Morgan fingerprint density at radius 3 is 0.725 bits per heavy atom. The molecule has 0 saturated heterocycles. The number of aliphatic hydroxyl groups excluding tert-OH is 2. The summed E-state index contributed by atoms with van der Waals surface area (Å²) in [6.45, 7) is 2.28. The van der Waals surface area contributed by atoms with Gasteiger partial charge in [0.15, 0.2) is 6.10 Å². The van der Waals surface area contributed by atoms with E-state index in [0.717, 1.165) is 193 Å². The van der Waals surface area contributed by atoms with Crippen molar-refractivity contribution in [2.24, 2.45) is 0 Å². The molecule has 618 valence electrons. The van der Waals surface area contributed by atoms with Gasteiger partial charge in [-0.3, -0.25) is 32.5 Å². The maximum Gasteiger partial charge on any atom is 0.472 e. The highest BCUT2D eigenvalue weighted by Crippen LogP contribution is 2.45. The van der Waals surface area contributed by atoms with Crippen LogP contribution in [0, 0.1) is 0 Å². The zero-order valence-corrected chi connectivity index (χ0v) is 69.4. The second kappa shape index (κ2) is 81.9. The van der Waals surface area contributed by atoms with Gasteiger partial charge in [-0.2, -0.15) is 0 Å². The van der Waals surface area contributed by atoms with Gasteiger partial charge in [0.25, 0.3) is 0 Å². The van der Waals surface area contributed by atoms with Crippen molar-refractivity contribution >= 4 is 33.6 Å². The van der Waals surface area contributed by atoms with Crippen LogP contribution >= 0.6 is 15.6 Å². The van der Waals surface area contributed by atoms with Crippen LogP contribution in [0.5, 0.6) is 0 Å². The number of carbonyl (C=O) groups is 3. The molecule has 0 aromatic rings. The van der Waals surface area contributed by atoms with Crippen LogP contribution in [0.4, 0.5) is 0 Å². The first-order chi connectivity index (χ1) is 53.2. The van der Waals surface area contributed by atoms with Gasteiger partial charge in [-0.1, -0.05) is 318 Å². The molecule has 5 atom stereocenters. The standard InChI is InChI=1S/C91H148O16P2/c1-4-7-10-13-16-19-22-25-28-31-33-35-37-39-40-41-42-43-44-46-48-49-51-54-56-59-62-65-68-71-74-77-89(94)101-80-86(92)81-103-108(97,98)104-82-87(93)83-105-109(99,100)106-85-88(107-91(96)79-76-73-70-67-64-61-58-53-30-27-24-21-18-15-12-9-6-3)84-102-90(95)78-75-72-69-66-63-60-57-55-52-50-47-45-38-36-34-32-29-26-23-20-17-14-11-8-5-2/h7-12,16-21,25-30,33-36,39-40,42-43,45,47,52,55,58,61,86-88,92-93H,4-6,13-15,22-24,31-32,37-38,41,44,46,48-51,53-54,56-57,59-60,62-85H2,1-3H3,(H,97,98)(H,99,100)/b10-7-,11-8-,12-9-,19-16-,20-17-,21-18-,28-25-,29-26-,30-27-,35-33-,36-34-,40-39-,43-42-,47-45-,55-52-,61-58-. The van der Waals surface area contributed by atoms with Gasteiger partial charge < -0.3 is 34.2 Å². The van der Waals surface area contributed by atoms with Crippen LogP contribution in [0.25, 0.3) is 0 Å². The monoisotopic (exact) mass is 1560 g/mol. The first-order valence-corrected chi connectivity index (χ1v) is 44.7. The number of esters is 3. The summed E-state index contributed by atoms with van der Waals surface area (Å²) in [6.07, 6.45) is 108. The molecule has 0 heterocycles. The van der Waals surface area contributed by atoms with Gasteiger partial charge in [-0.15, -0.1) is 0 Å². The Morgan fingerprint density at radius 1 is 0.257 bits per heavy atom. The molecule has 0 amide bonds. The van der Waals surface area contributed by atoms with Gasteiger partial charge in [0.1, 0.15) is 25.4 Å². The number of phosphoric ester groups is 2. The summed E-state index contributed by atoms with van der Waals surface area (Å²) in [5.74, 6) is -1.63. The fourth-order valence-electron chi connectivity index (χ4n) is 10.6. The molecule has 16 nitrogen and oxygen atoms in total. The lowest BCUT2D eigenvalue weighted by molar-refractivity contribution is -0.161. The highest BCUT2D eigenvalue weighted by molar-refractivity contribution is 7.47. The summed E-state index contributed by atoms with van der Waals surface area (Å²) in [5, 5.41) is 20.7. The molecule has 0 spiro atoms. The average molecular weight is 1560 g/mol. The zero-order valence-electron chi connectivity index (χ0n) is 67.6. The van der Waals surface area contributed by atoms with E-state index >= 15 is 0 Å². The summed E-state index contributed by atoms with van der Waals surface area (Å²) in [7, 11) is -9.82. The van der Waals surface area contributed by atoms with Crippen molar-refractivity contribution in [3.05, 3.63) is 194 Å². The predicted octanol–water partition coefficient (Wildman–Crippen LogP) is 25.1. The van der Waals surface area contributed by atoms with Gasteiger partial charge in [0, 0.05) is 19.3 Å². The van der Waals surface area contributed by atoms with Gasteiger partial charge in [-0.25, -0.2) is 9.13 Å². The van der Waals surface area contributed by atoms with Gasteiger partial charge in [-0.05, 0) is 161 Å². The van der Waals surface area contributed by atoms with Crippen molar-refractivity contribution in [3.8, 4) is 0 Å². The van der Waals surface area contributed by atoms with Crippen molar-refractivity contribution in [1.82, 2.24) is 0 Å². The minimum absolute atomic E-state index is 0.0658. The molecule has 0 saturated carbocycles. The van der Waals surface area contributed by atoms with E-state index in [1.807, 2.05) is 0 Å². The average Bonchev–Trinajstić information content (AvgIpc) is 0.902. The Hall–Kier alpha value is -5.61. The molecule has 0 radical (unpaired) electrons. The molecule has 109 heavy (non-hydrogen) atoms. The van der Waals surface area contributed by atoms with Crippen molar-refractivity contribution in [1.29, 1.82) is 0 Å². The van der Waals surface area contributed by atoms with Crippen LogP contribution in [-0.2, 0) is 55.8 Å². The Morgan fingerprint density at radius 2 is 0.459 bits per heavy atom. The molecule has 5 unspecified atom stereocenters. The summed E-state index contributed by atoms with van der Waals surface area (Å²) >= 11 is 0. The summed E-state index contributed by atoms with van der Waals surface area (Å²) in [4.78, 5) is 58.8. The quantitative estimate of drug-likeness (QED) is 0.0146. The molecule has 0 aliphatic rings. The maximum absolute atomic E-state index is 13.0. The third-order valence-corrected chi connectivity index (χ3v) is 18.7. The van der Waals surface area contributed by atoms with Gasteiger partial charge in [0.05, 0.1) is 26.4 Å². The lowest BCUT2D eigenvalue weighted by Crippen LogP contribution is -2.30. The van der Waals surface area contributed by atoms with Gasteiger partial charge >= 0.3 is 33.6 Å². The van der Waals surface area contributed by atoms with Crippen molar-refractivity contribution in [2.45, 2.75) is 322 Å². The third kappa shape index (κ3) is 83.2. The summed E-state index contributed by atoms with van der Waals surface area (Å²) in [5.41, 5.74) is 0. The molecule has 4 N–H and O–H groups in total. The Labute approximate surface area is 661 Å². The Bertz CT molecular complexity index is 2760. The predicted molar refractivity (Wildman–Crippen MR) is 454 cm³/mol. The number of unbranched alkanes of at least 4 members (excludes halogenated alkanes) is 22. The van der Waals surface area contributed by atoms with E-state index in [1.54, 1.807) is 0 Å². The summed E-state index contributed by atoms with van der Waals surface area (Å²) in [6, 6.07) is 0. The minimum atomic E-state index is -4.95. The van der Waals surface area contributed by atoms with Crippen molar-refractivity contribution in [2.75, 3.05) is 39.6 Å². The normalized spacial score (nSPS) is 14.9. The summed E-state index contributed by atoms with van der Waals surface area (Å²) < 4.78 is 61.2. The second-order valence-electron chi connectivity index (χ2n) is 27.1. The molecule has 0 aliphatic heterocycles. The molecule has 0 bridgehead atoms. The van der Waals surface area contributed by atoms with E-state index in [0.29, 0.717) is 19.3 Å². The van der Waals surface area contributed by atoms with Crippen LogP contribution in [-0.4, -0.2) is 95.9 Å².